The third-order valence-electron chi connectivity index (χ3n) is 5.13. The number of carbonyl (C=O) groups is 3. The molecule has 1 heterocycles. The first-order chi connectivity index (χ1) is 16.2. The number of nitrogens with one attached hydrogen (secondary N) is 1. The zero-order chi connectivity index (χ0) is 25.0. The van der Waals surface area contributed by atoms with Gasteiger partial charge in [0.25, 0.3) is 0 Å². The number of allylic oxidation sites excluding steroid dienone is 1. The molecule has 0 fully saturated rings. The van der Waals surface area contributed by atoms with Crippen LogP contribution in [-0.4, -0.2) is 32.1 Å². The molecule has 1 unspecified atom stereocenters. The van der Waals surface area contributed by atoms with E-state index >= 15 is 0 Å². The van der Waals surface area contributed by atoms with Gasteiger partial charge in [0.05, 0.1) is 48.7 Å². The number of methoxy groups -OCH3 is 2. The standard InChI is InChI=1S/C24H21FN4O5/c1-13(30)28-18-10-9-15(11-17(18)25)29-21(24(32)34-3)20(23(31)33-2)19(16(12-26)22(29)27)14-7-5-4-6-8-14/h4-11,19H,27H2,1-3H3,(H,28,30). The molecular weight excluding hydrogens is 443 g/mol. The second-order valence-electron chi connectivity index (χ2n) is 7.18. The third kappa shape index (κ3) is 4.31. The van der Waals surface area contributed by atoms with Crippen molar-refractivity contribution in [3.05, 3.63) is 82.6 Å². The van der Waals surface area contributed by atoms with Crippen LogP contribution in [-0.2, 0) is 23.9 Å². The lowest BCUT2D eigenvalue weighted by atomic mass is 9.81. The predicted molar refractivity (Wildman–Crippen MR) is 120 cm³/mol. The SMILES string of the molecule is COC(=O)C1=C(C(=O)OC)N(c2ccc(NC(C)=O)c(F)c2)C(N)=C(C#N)C1c1ccccc1. The lowest BCUT2D eigenvalue weighted by molar-refractivity contribution is -0.139. The Balaban J connectivity index is 2.35. The van der Waals surface area contributed by atoms with Crippen LogP contribution >= 0.6 is 0 Å². The summed E-state index contributed by atoms with van der Waals surface area (Å²) in [7, 11) is 2.24. The summed E-state index contributed by atoms with van der Waals surface area (Å²) < 4.78 is 24.6. The molecule has 34 heavy (non-hydrogen) atoms. The fourth-order valence-electron chi connectivity index (χ4n) is 3.72. The van der Waals surface area contributed by atoms with Gasteiger partial charge in [-0.3, -0.25) is 9.69 Å². The van der Waals surface area contributed by atoms with Gasteiger partial charge in [0, 0.05) is 13.0 Å². The van der Waals surface area contributed by atoms with Gasteiger partial charge in [-0.15, -0.1) is 0 Å². The summed E-state index contributed by atoms with van der Waals surface area (Å²) in [5.74, 6) is -4.39. The van der Waals surface area contributed by atoms with Crippen molar-refractivity contribution in [3.8, 4) is 6.07 Å². The number of esters is 2. The normalized spacial score (nSPS) is 15.5. The van der Waals surface area contributed by atoms with Crippen LogP contribution < -0.4 is 16.0 Å². The molecule has 3 rings (SSSR count). The molecule has 1 atom stereocenters. The number of nitrogens with two attached hydrogens (primary N) is 1. The summed E-state index contributed by atoms with van der Waals surface area (Å²) in [4.78, 5) is 38.3. The molecular formula is C24H21FN4O5. The Morgan fingerprint density at radius 2 is 1.74 bits per heavy atom. The first-order valence-electron chi connectivity index (χ1n) is 9.97. The van der Waals surface area contributed by atoms with Gasteiger partial charge in [-0.25, -0.2) is 14.0 Å². The second-order valence-corrected chi connectivity index (χ2v) is 7.18. The maximum Gasteiger partial charge on any atom is 0.355 e. The van der Waals surface area contributed by atoms with E-state index < -0.39 is 29.6 Å². The smallest absolute Gasteiger partial charge is 0.355 e. The Kier molecular flexibility index (Phi) is 6.97. The zero-order valence-electron chi connectivity index (χ0n) is 18.6. The van der Waals surface area contributed by atoms with Gasteiger partial charge in [-0.05, 0) is 17.7 Å². The van der Waals surface area contributed by atoms with Crippen molar-refractivity contribution in [3.63, 3.8) is 0 Å². The van der Waals surface area contributed by atoms with Crippen LogP contribution in [0, 0.1) is 17.1 Å². The number of hydrogen-bond donors (Lipinski definition) is 2. The Bertz CT molecular complexity index is 1260. The molecule has 0 saturated heterocycles. The maximum absolute atomic E-state index is 14.8. The minimum absolute atomic E-state index is 0.0187. The fourth-order valence-corrected chi connectivity index (χ4v) is 3.72. The van der Waals surface area contributed by atoms with Crippen molar-refractivity contribution in [2.24, 2.45) is 5.73 Å². The highest BCUT2D eigenvalue weighted by Crippen LogP contribution is 2.43. The number of benzene rings is 2. The fraction of sp³-hybridized carbons (Fsp3) is 0.167. The van der Waals surface area contributed by atoms with E-state index in [4.69, 9.17) is 15.2 Å². The summed E-state index contributed by atoms with van der Waals surface area (Å²) in [6.45, 7) is 1.22. The second kappa shape index (κ2) is 9.87. The van der Waals surface area contributed by atoms with Crippen LogP contribution in [0.1, 0.15) is 18.4 Å². The minimum atomic E-state index is -1.03. The zero-order valence-corrected chi connectivity index (χ0v) is 18.6. The first kappa shape index (κ1) is 24.0. The number of carbonyl (C=O) groups excluding carboxylic acids is 3. The molecule has 0 radical (unpaired) electrons. The highest BCUT2D eigenvalue weighted by molar-refractivity contribution is 6.06. The van der Waals surface area contributed by atoms with Crippen molar-refractivity contribution >= 4 is 29.2 Å². The molecule has 0 aliphatic carbocycles. The first-order valence-corrected chi connectivity index (χ1v) is 9.97. The van der Waals surface area contributed by atoms with Crippen molar-refractivity contribution in [1.29, 1.82) is 5.26 Å². The van der Waals surface area contributed by atoms with Crippen LogP contribution in [0.25, 0.3) is 0 Å². The molecule has 0 saturated carbocycles. The van der Waals surface area contributed by atoms with Gasteiger partial charge in [0.1, 0.15) is 17.3 Å². The highest BCUT2D eigenvalue weighted by Gasteiger charge is 2.43. The summed E-state index contributed by atoms with van der Waals surface area (Å²) in [5.41, 5.74) is 6.20. The average molecular weight is 464 g/mol. The van der Waals surface area contributed by atoms with Crippen LogP contribution in [0.2, 0.25) is 0 Å². The number of rotatable bonds is 5. The largest absolute Gasteiger partial charge is 0.466 e. The van der Waals surface area contributed by atoms with Crippen LogP contribution in [0.3, 0.4) is 0 Å². The summed E-state index contributed by atoms with van der Waals surface area (Å²) in [6, 6.07) is 14.2. The highest BCUT2D eigenvalue weighted by atomic mass is 19.1. The predicted octanol–water partition coefficient (Wildman–Crippen LogP) is 2.68. The molecule has 0 spiro atoms. The van der Waals surface area contributed by atoms with E-state index in [-0.39, 0.29) is 34.0 Å². The lowest BCUT2D eigenvalue weighted by Gasteiger charge is -2.36. The topological polar surface area (TPSA) is 135 Å². The Labute approximate surface area is 194 Å². The van der Waals surface area contributed by atoms with Gasteiger partial charge >= 0.3 is 11.9 Å². The van der Waals surface area contributed by atoms with Crippen molar-refractivity contribution in [1.82, 2.24) is 0 Å². The maximum atomic E-state index is 14.8. The molecule has 174 valence electrons. The lowest BCUT2D eigenvalue weighted by Crippen LogP contribution is -2.40. The molecule has 2 aromatic rings. The molecule has 0 aromatic heterocycles. The molecule has 9 nitrogen and oxygen atoms in total. The molecule has 1 amide bonds. The van der Waals surface area contributed by atoms with Crippen molar-refractivity contribution in [2.45, 2.75) is 12.8 Å². The number of nitriles is 1. The summed E-state index contributed by atoms with van der Waals surface area (Å²) in [6.07, 6.45) is 0. The van der Waals surface area contributed by atoms with Gasteiger partial charge < -0.3 is 20.5 Å². The Hall–Kier alpha value is -4.65. The molecule has 1 aliphatic rings. The Morgan fingerprint density at radius 3 is 2.26 bits per heavy atom. The summed E-state index contributed by atoms with van der Waals surface area (Å²) >= 11 is 0. The summed E-state index contributed by atoms with van der Waals surface area (Å²) in [5, 5.41) is 12.3. The van der Waals surface area contributed by atoms with Gasteiger partial charge in [0.2, 0.25) is 5.91 Å². The van der Waals surface area contributed by atoms with E-state index in [2.05, 4.69) is 5.32 Å². The number of amides is 1. The number of halogens is 1. The quantitative estimate of drug-likeness (QED) is 0.645. The monoisotopic (exact) mass is 464 g/mol. The van der Waals surface area contributed by atoms with Crippen LogP contribution in [0.5, 0.6) is 0 Å². The van der Waals surface area contributed by atoms with E-state index in [9.17, 15) is 24.0 Å². The molecule has 1 aliphatic heterocycles. The number of ether oxygens (including phenoxy) is 2. The molecule has 10 heteroatoms. The van der Waals surface area contributed by atoms with Crippen molar-refractivity contribution in [2.75, 3.05) is 24.4 Å². The number of nitrogens with zero attached hydrogens (tertiary/aromatic N) is 2. The molecule has 2 aromatic carbocycles. The third-order valence-corrected chi connectivity index (χ3v) is 5.13. The van der Waals surface area contributed by atoms with E-state index in [1.807, 2.05) is 6.07 Å². The van der Waals surface area contributed by atoms with Crippen molar-refractivity contribution < 1.29 is 28.2 Å². The van der Waals surface area contributed by atoms with E-state index in [1.165, 1.54) is 19.1 Å². The Morgan fingerprint density at radius 1 is 1.09 bits per heavy atom. The van der Waals surface area contributed by atoms with Crippen LogP contribution in [0.4, 0.5) is 15.8 Å². The van der Waals surface area contributed by atoms with Gasteiger partial charge in [-0.1, -0.05) is 30.3 Å². The van der Waals surface area contributed by atoms with E-state index in [0.29, 0.717) is 5.56 Å². The van der Waals surface area contributed by atoms with Gasteiger partial charge in [-0.2, -0.15) is 5.26 Å². The van der Waals surface area contributed by atoms with E-state index in [0.717, 1.165) is 25.2 Å². The molecule has 0 bridgehead atoms. The number of hydrogen-bond acceptors (Lipinski definition) is 8. The molecule has 3 N–H and O–H groups in total. The van der Waals surface area contributed by atoms with Gasteiger partial charge in [0.15, 0.2) is 0 Å². The average Bonchev–Trinajstić information content (AvgIpc) is 2.83. The van der Waals surface area contributed by atoms with E-state index in [1.54, 1.807) is 30.3 Å². The number of anilines is 2. The minimum Gasteiger partial charge on any atom is -0.466 e. The van der Waals surface area contributed by atoms with Crippen LogP contribution in [0.15, 0.2) is 71.2 Å².